The van der Waals surface area contributed by atoms with Crippen molar-refractivity contribution in [3.63, 3.8) is 0 Å². The van der Waals surface area contributed by atoms with Gasteiger partial charge < -0.3 is 10.4 Å². The monoisotopic (exact) mass is 245 g/mol. The van der Waals surface area contributed by atoms with Crippen molar-refractivity contribution in [3.05, 3.63) is 12.2 Å². The molecule has 4 nitrogen and oxygen atoms in total. The van der Waals surface area contributed by atoms with Crippen LogP contribution in [0.5, 0.6) is 0 Å². The minimum absolute atomic E-state index is 0.341. The molecule has 2 N–H and O–H groups in total. The van der Waals surface area contributed by atoms with Crippen LogP contribution in [0.4, 0.5) is 0 Å². The van der Waals surface area contributed by atoms with Crippen LogP contribution in [0.25, 0.3) is 0 Å². The molecule has 5 heteroatoms. The van der Waals surface area contributed by atoms with Crippen LogP contribution in [-0.2, 0) is 9.59 Å². The third kappa shape index (κ3) is 11.1. The Bertz CT molecular complexity index is 241. The van der Waals surface area contributed by atoms with Crippen LogP contribution in [0.2, 0.25) is 0 Å². The fourth-order valence-corrected chi connectivity index (χ4v) is 1.64. The molecule has 0 spiro atoms. The Balaban J connectivity index is 3.31. The van der Waals surface area contributed by atoms with E-state index in [0.29, 0.717) is 6.54 Å². The van der Waals surface area contributed by atoms with Gasteiger partial charge in [-0.25, -0.2) is 4.79 Å². The number of rotatable bonds is 9. The van der Waals surface area contributed by atoms with E-state index in [0.717, 1.165) is 25.0 Å². The van der Waals surface area contributed by atoms with Crippen LogP contribution in [0.3, 0.4) is 0 Å². The molecule has 0 saturated heterocycles. The second-order valence-electron chi connectivity index (χ2n) is 3.37. The van der Waals surface area contributed by atoms with Crippen LogP contribution in [0, 0.1) is 0 Å². The molecule has 0 fully saturated rings. The number of thioether (sulfide) groups is 1. The van der Waals surface area contributed by atoms with E-state index in [9.17, 15) is 9.59 Å². The first-order valence-electron chi connectivity index (χ1n) is 5.34. The second-order valence-corrected chi connectivity index (χ2v) is 4.36. The summed E-state index contributed by atoms with van der Waals surface area (Å²) < 4.78 is 0. The van der Waals surface area contributed by atoms with Gasteiger partial charge in [0.2, 0.25) is 5.91 Å². The molecule has 0 aromatic heterocycles. The van der Waals surface area contributed by atoms with E-state index in [4.69, 9.17) is 5.11 Å². The average molecular weight is 245 g/mol. The van der Waals surface area contributed by atoms with Crippen molar-refractivity contribution in [2.45, 2.75) is 25.7 Å². The Morgan fingerprint density at radius 2 is 1.88 bits per heavy atom. The van der Waals surface area contributed by atoms with Gasteiger partial charge in [0.25, 0.3) is 0 Å². The van der Waals surface area contributed by atoms with E-state index in [-0.39, 0.29) is 5.91 Å². The summed E-state index contributed by atoms with van der Waals surface area (Å²) in [6.45, 7) is 0.613. The van der Waals surface area contributed by atoms with Crippen molar-refractivity contribution in [2.75, 3.05) is 18.6 Å². The van der Waals surface area contributed by atoms with E-state index in [1.807, 2.05) is 11.8 Å². The number of hydrogen-bond donors (Lipinski definition) is 2. The minimum atomic E-state index is -1.10. The predicted molar refractivity (Wildman–Crippen MR) is 66.6 cm³/mol. The summed E-state index contributed by atoms with van der Waals surface area (Å²) in [6, 6.07) is 0. The third-order valence-electron chi connectivity index (χ3n) is 1.95. The summed E-state index contributed by atoms with van der Waals surface area (Å²) in [5.41, 5.74) is 0. The molecule has 0 unspecified atom stereocenters. The van der Waals surface area contributed by atoms with Crippen molar-refractivity contribution in [2.24, 2.45) is 0 Å². The predicted octanol–water partition coefficient (Wildman–Crippen LogP) is 1.67. The number of amides is 1. The zero-order chi connectivity index (χ0) is 12.2. The molecule has 16 heavy (non-hydrogen) atoms. The maximum absolute atomic E-state index is 11.0. The largest absolute Gasteiger partial charge is 0.478 e. The number of unbranched alkanes of at least 4 members (excludes halogenated alkanes) is 3. The van der Waals surface area contributed by atoms with Gasteiger partial charge in [0.15, 0.2) is 0 Å². The highest BCUT2D eigenvalue weighted by atomic mass is 32.2. The van der Waals surface area contributed by atoms with Gasteiger partial charge in [-0.05, 0) is 24.9 Å². The number of carboxylic acids is 1. The Hall–Kier alpha value is -0.970. The summed E-state index contributed by atoms with van der Waals surface area (Å²) in [5, 5.41) is 10.9. The number of carbonyl (C=O) groups is 2. The lowest BCUT2D eigenvalue weighted by Gasteiger charge is -2.01. The van der Waals surface area contributed by atoms with Gasteiger partial charge in [-0.3, -0.25) is 4.79 Å². The quantitative estimate of drug-likeness (QED) is 0.479. The molecule has 0 aliphatic carbocycles. The van der Waals surface area contributed by atoms with Crippen molar-refractivity contribution in [1.82, 2.24) is 5.32 Å². The summed E-state index contributed by atoms with van der Waals surface area (Å²) in [7, 11) is 0. The molecule has 0 radical (unpaired) electrons. The summed E-state index contributed by atoms with van der Waals surface area (Å²) in [4.78, 5) is 21.1. The maximum Gasteiger partial charge on any atom is 0.328 e. The molecule has 0 rings (SSSR count). The Labute approximate surface area is 100 Å². The molecule has 0 aliphatic rings. The maximum atomic E-state index is 11.0. The van der Waals surface area contributed by atoms with Crippen molar-refractivity contribution in [3.8, 4) is 0 Å². The highest BCUT2D eigenvalue weighted by Gasteiger charge is 1.96. The average Bonchev–Trinajstić information content (AvgIpc) is 2.25. The smallest absolute Gasteiger partial charge is 0.328 e. The first-order chi connectivity index (χ1) is 7.66. The Kier molecular flexibility index (Phi) is 9.91. The number of hydrogen-bond acceptors (Lipinski definition) is 3. The van der Waals surface area contributed by atoms with Gasteiger partial charge in [-0.1, -0.05) is 12.8 Å². The lowest BCUT2D eigenvalue weighted by molar-refractivity contribution is -0.131. The van der Waals surface area contributed by atoms with Gasteiger partial charge >= 0.3 is 5.97 Å². The lowest BCUT2D eigenvalue weighted by Crippen LogP contribution is -2.22. The molecule has 0 aromatic carbocycles. The topological polar surface area (TPSA) is 66.4 Å². The Morgan fingerprint density at radius 3 is 2.50 bits per heavy atom. The normalized spacial score (nSPS) is 10.6. The number of nitrogens with one attached hydrogen (secondary N) is 1. The van der Waals surface area contributed by atoms with Crippen LogP contribution in [0.15, 0.2) is 12.2 Å². The van der Waals surface area contributed by atoms with Crippen LogP contribution >= 0.6 is 11.8 Å². The molecule has 0 atom stereocenters. The Morgan fingerprint density at radius 1 is 1.19 bits per heavy atom. The van der Waals surface area contributed by atoms with E-state index in [1.165, 1.54) is 18.6 Å². The molecule has 0 saturated carbocycles. The first kappa shape index (κ1) is 15.0. The van der Waals surface area contributed by atoms with Gasteiger partial charge in [0, 0.05) is 18.7 Å². The van der Waals surface area contributed by atoms with Crippen LogP contribution in [0.1, 0.15) is 25.7 Å². The van der Waals surface area contributed by atoms with Gasteiger partial charge in [-0.15, -0.1) is 0 Å². The molecule has 0 heterocycles. The van der Waals surface area contributed by atoms with Crippen LogP contribution < -0.4 is 5.32 Å². The first-order valence-corrected chi connectivity index (χ1v) is 6.74. The van der Waals surface area contributed by atoms with Gasteiger partial charge in [0.1, 0.15) is 0 Å². The minimum Gasteiger partial charge on any atom is -0.478 e. The highest BCUT2D eigenvalue weighted by Crippen LogP contribution is 2.03. The fourth-order valence-electron chi connectivity index (χ4n) is 1.14. The van der Waals surface area contributed by atoms with Gasteiger partial charge in [-0.2, -0.15) is 11.8 Å². The van der Waals surface area contributed by atoms with E-state index in [1.54, 1.807) is 0 Å². The molecule has 1 amide bonds. The zero-order valence-corrected chi connectivity index (χ0v) is 10.4. The zero-order valence-electron chi connectivity index (χ0n) is 9.57. The third-order valence-corrected chi connectivity index (χ3v) is 2.65. The summed E-state index contributed by atoms with van der Waals surface area (Å²) in [6.07, 6.45) is 8.42. The van der Waals surface area contributed by atoms with Crippen LogP contribution in [-0.4, -0.2) is 35.5 Å². The van der Waals surface area contributed by atoms with Crippen molar-refractivity contribution >= 4 is 23.6 Å². The number of carboxylic acid groups (broad SMARTS) is 1. The highest BCUT2D eigenvalue weighted by molar-refractivity contribution is 7.98. The summed E-state index contributed by atoms with van der Waals surface area (Å²) >= 11 is 1.85. The lowest BCUT2D eigenvalue weighted by atomic mass is 10.2. The molecule has 92 valence electrons. The van der Waals surface area contributed by atoms with E-state index >= 15 is 0 Å². The SMILES string of the molecule is CSCCCCCCNC(=O)/C=C/C(=O)O. The van der Waals surface area contributed by atoms with E-state index in [2.05, 4.69) is 11.6 Å². The molecular formula is C11H19NO3S. The molecule has 0 bridgehead atoms. The fraction of sp³-hybridized carbons (Fsp3) is 0.636. The molecular weight excluding hydrogens is 226 g/mol. The number of carbonyl (C=O) groups excluding carboxylic acids is 1. The van der Waals surface area contributed by atoms with Gasteiger partial charge in [0.05, 0.1) is 0 Å². The van der Waals surface area contributed by atoms with E-state index < -0.39 is 5.97 Å². The van der Waals surface area contributed by atoms with Crippen molar-refractivity contribution in [1.29, 1.82) is 0 Å². The van der Waals surface area contributed by atoms with Crippen molar-refractivity contribution < 1.29 is 14.7 Å². The second kappa shape index (κ2) is 10.5. The molecule has 0 aliphatic heterocycles. The summed E-state index contributed by atoms with van der Waals surface area (Å²) in [5.74, 6) is -0.257. The number of aliphatic carboxylic acids is 1. The molecule has 0 aromatic rings. The standard InChI is InChI=1S/C11H19NO3S/c1-16-9-5-3-2-4-8-12-10(13)6-7-11(14)15/h6-7H,2-5,8-9H2,1H3,(H,12,13)(H,14,15)/b7-6+.